The molecule has 0 bridgehead atoms. The molecule has 0 fully saturated rings. The number of anilines is 2. The number of halogens is 1. The second kappa shape index (κ2) is 9.80. The number of amides is 1. The van der Waals surface area contributed by atoms with E-state index in [0.29, 0.717) is 22.4 Å². The van der Waals surface area contributed by atoms with Crippen molar-refractivity contribution in [1.29, 1.82) is 0 Å². The fourth-order valence-corrected chi connectivity index (χ4v) is 2.09. The number of nitrogens with one attached hydrogen (secondary N) is 2. The van der Waals surface area contributed by atoms with E-state index in [1.54, 1.807) is 36.4 Å². The first-order chi connectivity index (χ1) is 12.0. The molecule has 0 aliphatic heterocycles. The highest BCUT2D eigenvalue weighted by atomic mass is 35.5. The lowest BCUT2D eigenvalue weighted by Gasteiger charge is -2.10. The largest absolute Gasteiger partial charge is 0.484 e. The fraction of sp³-hybridized carbons (Fsp3) is 0.353. The molecule has 1 aromatic heterocycles. The summed E-state index contributed by atoms with van der Waals surface area (Å²) in [6.45, 7) is 1.70. The van der Waals surface area contributed by atoms with E-state index < -0.39 is 0 Å². The van der Waals surface area contributed by atoms with Crippen molar-refractivity contribution in [3.63, 3.8) is 0 Å². The monoisotopic (exact) mass is 363 g/mol. The van der Waals surface area contributed by atoms with Gasteiger partial charge in [-0.2, -0.15) is 0 Å². The zero-order chi connectivity index (χ0) is 18.1. The Balaban J connectivity index is 1.72. The van der Waals surface area contributed by atoms with Crippen molar-refractivity contribution in [3.8, 4) is 5.75 Å². The van der Waals surface area contributed by atoms with Gasteiger partial charge in [0.1, 0.15) is 11.6 Å². The lowest BCUT2D eigenvalue weighted by Crippen LogP contribution is -2.21. The van der Waals surface area contributed by atoms with E-state index in [9.17, 15) is 4.79 Å². The zero-order valence-corrected chi connectivity index (χ0v) is 15.1. The van der Waals surface area contributed by atoms with Gasteiger partial charge in [0.25, 0.3) is 5.91 Å². The number of hydrogen-bond donors (Lipinski definition) is 2. The Hall–Kier alpha value is -2.38. The molecule has 2 aromatic rings. The molecule has 0 unspecified atom stereocenters. The summed E-state index contributed by atoms with van der Waals surface area (Å²) in [6, 6.07) is 10.3. The number of carbonyl (C=O) groups excluding carboxylic acids is 1. The molecule has 1 aromatic carbocycles. The third-order valence-electron chi connectivity index (χ3n) is 3.20. The summed E-state index contributed by atoms with van der Waals surface area (Å²) in [5.41, 5.74) is 0. The normalized spacial score (nSPS) is 10.6. The van der Waals surface area contributed by atoms with Gasteiger partial charge >= 0.3 is 0 Å². The predicted octanol–water partition coefficient (Wildman–Crippen LogP) is 2.51. The summed E-state index contributed by atoms with van der Waals surface area (Å²) in [7, 11) is 4.07. The van der Waals surface area contributed by atoms with Crippen LogP contribution in [0.2, 0.25) is 5.02 Å². The van der Waals surface area contributed by atoms with Crippen molar-refractivity contribution in [2.75, 3.05) is 44.4 Å². The van der Waals surface area contributed by atoms with Gasteiger partial charge < -0.3 is 20.3 Å². The summed E-state index contributed by atoms with van der Waals surface area (Å²) >= 11 is 5.79. The number of carbonyl (C=O) groups is 1. The van der Waals surface area contributed by atoms with Gasteiger partial charge in [0.05, 0.1) is 0 Å². The van der Waals surface area contributed by atoms with Crippen molar-refractivity contribution in [2.45, 2.75) is 6.42 Å². The molecule has 1 amide bonds. The summed E-state index contributed by atoms with van der Waals surface area (Å²) < 4.78 is 5.37. The van der Waals surface area contributed by atoms with Gasteiger partial charge in [0, 0.05) is 11.6 Å². The second-order valence-corrected chi connectivity index (χ2v) is 6.11. The topological polar surface area (TPSA) is 79.4 Å². The van der Waals surface area contributed by atoms with Gasteiger partial charge in [-0.1, -0.05) is 11.6 Å². The lowest BCUT2D eigenvalue weighted by molar-refractivity contribution is -0.118. The molecular weight excluding hydrogens is 342 g/mol. The Bertz CT molecular complexity index is 662. The van der Waals surface area contributed by atoms with Crippen molar-refractivity contribution in [1.82, 2.24) is 15.1 Å². The molecular formula is C17H22ClN5O2. The fourth-order valence-electron chi connectivity index (χ4n) is 1.96. The van der Waals surface area contributed by atoms with E-state index >= 15 is 0 Å². The number of nitrogens with zero attached hydrogens (tertiary/aromatic N) is 3. The van der Waals surface area contributed by atoms with Crippen LogP contribution in [0.3, 0.4) is 0 Å². The van der Waals surface area contributed by atoms with E-state index in [1.165, 1.54) is 0 Å². The highest BCUT2D eigenvalue weighted by Crippen LogP contribution is 2.15. The maximum absolute atomic E-state index is 11.9. The Kier molecular flexibility index (Phi) is 7.43. The van der Waals surface area contributed by atoms with Crippen LogP contribution in [-0.4, -0.2) is 54.8 Å². The molecule has 25 heavy (non-hydrogen) atoms. The van der Waals surface area contributed by atoms with Crippen LogP contribution in [0.4, 0.5) is 11.6 Å². The van der Waals surface area contributed by atoms with E-state index in [0.717, 1.165) is 19.5 Å². The van der Waals surface area contributed by atoms with E-state index in [2.05, 4.69) is 25.7 Å². The summed E-state index contributed by atoms with van der Waals surface area (Å²) in [6.07, 6.45) is 1.01. The minimum Gasteiger partial charge on any atom is -0.484 e. The van der Waals surface area contributed by atoms with E-state index in [1.807, 2.05) is 14.1 Å². The smallest absolute Gasteiger partial charge is 0.263 e. The van der Waals surface area contributed by atoms with Crippen LogP contribution in [0.25, 0.3) is 0 Å². The number of rotatable bonds is 9. The average Bonchev–Trinajstić information content (AvgIpc) is 2.59. The predicted molar refractivity (Wildman–Crippen MR) is 99.3 cm³/mol. The van der Waals surface area contributed by atoms with Gasteiger partial charge in [-0.15, -0.1) is 10.2 Å². The summed E-state index contributed by atoms with van der Waals surface area (Å²) in [4.78, 5) is 14.0. The molecule has 0 saturated heterocycles. The van der Waals surface area contributed by atoms with Crippen LogP contribution in [0, 0.1) is 0 Å². The number of aromatic nitrogens is 2. The van der Waals surface area contributed by atoms with Crippen molar-refractivity contribution in [3.05, 3.63) is 41.4 Å². The van der Waals surface area contributed by atoms with Crippen LogP contribution in [0.5, 0.6) is 5.75 Å². The third-order valence-corrected chi connectivity index (χ3v) is 3.46. The molecule has 8 heteroatoms. The highest BCUT2D eigenvalue weighted by molar-refractivity contribution is 6.30. The molecule has 0 atom stereocenters. The highest BCUT2D eigenvalue weighted by Gasteiger charge is 2.05. The Morgan fingerprint density at radius 3 is 2.44 bits per heavy atom. The molecule has 0 saturated carbocycles. The number of ether oxygens (including phenoxy) is 1. The molecule has 7 nitrogen and oxygen atoms in total. The Morgan fingerprint density at radius 2 is 1.80 bits per heavy atom. The molecule has 0 radical (unpaired) electrons. The second-order valence-electron chi connectivity index (χ2n) is 5.68. The van der Waals surface area contributed by atoms with Crippen molar-refractivity contribution >= 4 is 29.1 Å². The molecule has 0 aliphatic rings. The SMILES string of the molecule is CN(C)CCCNc1ccc(NC(=O)COc2ccc(Cl)cc2)nn1. The van der Waals surface area contributed by atoms with Gasteiger partial charge in [0.15, 0.2) is 12.4 Å². The van der Waals surface area contributed by atoms with Gasteiger partial charge in [-0.3, -0.25) is 4.79 Å². The first-order valence-electron chi connectivity index (χ1n) is 7.93. The minimum atomic E-state index is -0.309. The third kappa shape index (κ3) is 7.36. The molecule has 0 spiro atoms. The summed E-state index contributed by atoms with van der Waals surface area (Å²) in [5, 5.41) is 14.4. The molecule has 0 aliphatic carbocycles. The zero-order valence-electron chi connectivity index (χ0n) is 14.3. The van der Waals surface area contributed by atoms with Crippen LogP contribution in [0.1, 0.15) is 6.42 Å². The first kappa shape index (κ1) is 19.0. The Labute approximate surface area is 152 Å². The van der Waals surface area contributed by atoms with Gasteiger partial charge in [-0.25, -0.2) is 0 Å². The minimum absolute atomic E-state index is 0.117. The first-order valence-corrected chi connectivity index (χ1v) is 8.31. The maximum atomic E-state index is 11.9. The van der Waals surface area contributed by atoms with Gasteiger partial charge in [-0.05, 0) is 63.5 Å². The van der Waals surface area contributed by atoms with Crippen LogP contribution < -0.4 is 15.4 Å². The average molecular weight is 364 g/mol. The van der Waals surface area contributed by atoms with Crippen LogP contribution >= 0.6 is 11.6 Å². The van der Waals surface area contributed by atoms with Crippen LogP contribution in [-0.2, 0) is 4.79 Å². The van der Waals surface area contributed by atoms with E-state index in [-0.39, 0.29) is 12.5 Å². The maximum Gasteiger partial charge on any atom is 0.263 e. The molecule has 134 valence electrons. The van der Waals surface area contributed by atoms with Crippen molar-refractivity contribution in [2.24, 2.45) is 0 Å². The molecule has 1 heterocycles. The molecule has 2 rings (SSSR count). The van der Waals surface area contributed by atoms with Gasteiger partial charge in [0.2, 0.25) is 0 Å². The van der Waals surface area contributed by atoms with Crippen LogP contribution in [0.15, 0.2) is 36.4 Å². The number of hydrogen-bond acceptors (Lipinski definition) is 6. The van der Waals surface area contributed by atoms with Crippen molar-refractivity contribution < 1.29 is 9.53 Å². The number of benzene rings is 1. The molecule has 2 N–H and O–H groups in total. The standard InChI is InChI=1S/C17H22ClN5O2/c1-23(2)11-3-10-19-15-8-9-16(22-21-15)20-17(24)12-25-14-6-4-13(18)5-7-14/h4-9H,3,10-12H2,1-2H3,(H,19,21)(H,20,22,24). The summed E-state index contributed by atoms with van der Waals surface area (Å²) in [5.74, 6) is 1.32. The van der Waals surface area contributed by atoms with E-state index in [4.69, 9.17) is 16.3 Å². The Morgan fingerprint density at radius 1 is 1.12 bits per heavy atom. The quantitative estimate of drug-likeness (QED) is 0.666. The lowest BCUT2D eigenvalue weighted by atomic mass is 10.3.